The molecule has 0 radical (unpaired) electrons. The van der Waals surface area contributed by atoms with E-state index < -0.39 is 0 Å². The average molecular weight is 199 g/mol. The van der Waals surface area contributed by atoms with Gasteiger partial charge in [0.2, 0.25) is 11.8 Å². The van der Waals surface area contributed by atoms with Crippen molar-refractivity contribution in [2.75, 3.05) is 13.1 Å². The lowest BCUT2D eigenvalue weighted by Crippen LogP contribution is -2.33. The minimum absolute atomic E-state index is 0.00866. The number of carbonyl (C=O) groups is 2. The molecule has 0 aromatic heterocycles. The number of rotatable bonds is 5. The van der Waals surface area contributed by atoms with Gasteiger partial charge in [0, 0.05) is 25.4 Å². The molecule has 1 fully saturated rings. The number of nitrogens with one attached hydrogen (secondary N) is 2. The summed E-state index contributed by atoms with van der Waals surface area (Å²) in [5.74, 6) is -0.394. The molecule has 1 saturated heterocycles. The summed E-state index contributed by atoms with van der Waals surface area (Å²) in [6.07, 6.45) is 2.91. The fourth-order valence-corrected chi connectivity index (χ4v) is 1.55. The minimum Gasteiger partial charge on any atom is -0.370 e. The van der Waals surface area contributed by atoms with Crippen molar-refractivity contribution < 1.29 is 9.59 Å². The fraction of sp³-hybridized carbons (Fsp3) is 0.778. The van der Waals surface area contributed by atoms with Gasteiger partial charge in [0.15, 0.2) is 0 Å². The molecule has 0 bridgehead atoms. The van der Waals surface area contributed by atoms with Crippen LogP contribution >= 0.6 is 0 Å². The Balaban J connectivity index is 2.06. The maximum absolute atomic E-state index is 11.3. The van der Waals surface area contributed by atoms with Crippen LogP contribution in [0, 0.1) is 0 Å². The number of primary amides is 1. The molecule has 0 spiro atoms. The first kappa shape index (κ1) is 11.0. The summed E-state index contributed by atoms with van der Waals surface area (Å²) in [7, 11) is 0. The number of amides is 2. The van der Waals surface area contributed by atoms with Gasteiger partial charge in [0.25, 0.3) is 0 Å². The van der Waals surface area contributed by atoms with Crippen molar-refractivity contribution in [1.82, 2.24) is 10.6 Å². The van der Waals surface area contributed by atoms with Crippen LogP contribution in [-0.2, 0) is 9.59 Å². The van der Waals surface area contributed by atoms with Crippen LogP contribution in [0.3, 0.4) is 0 Å². The third kappa shape index (κ3) is 4.23. The van der Waals surface area contributed by atoms with E-state index in [1.807, 2.05) is 0 Å². The molecular weight excluding hydrogens is 182 g/mol. The van der Waals surface area contributed by atoms with Gasteiger partial charge < -0.3 is 16.4 Å². The van der Waals surface area contributed by atoms with Gasteiger partial charge in [-0.3, -0.25) is 9.59 Å². The summed E-state index contributed by atoms with van der Waals surface area (Å²) in [6, 6.07) is 0.309. The van der Waals surface area contributed by atoms with Crippen molar-refractivity contribution in [3.63, 3.8) is 0 Å². The van der Waals surface area contributed by atoms with Gasteiger partial charge in [-0.05, 0) is 19.4 Å². The third-order valence-corrected chi connectivity index (χ3v) is 2.29. The molecule has 5 heteroatoms. The molecule has 0 aromatic rings. The molecule has 14 heavy (non-hydrogen) atoms. The van der Waals surface area contributed by atoms with Crippen LogP contribution in [0.4, 0.5) is 0 Å². The minimum atomic E-state index is -0.385. The first-order valence-corrected chi connectivity index (χ1v) is 4.97. The van der Waals surface area contributed by atoms with E-state index in [-0.39, 0.29) is 18.2 Å². The Morgan fingerprint density at radius 3 is 2.86 bits per heavy atom. The Labute approximate surface area is 83.4 Å². The van der Waals surface area contributed by atoms with Gasteiger partial charge in [0.05, 0.1) is 0 Å². The lowest BCUT2D eigenvalue weighted by Gasteiger charge is -2.09. The molecule has 1 unspecified atom stereocenters. The van der Waals surface area contributed by atoms with Gasteiger partial charge in [-0.25, -0.2) is 0 Å². The summed E-state index contributed by atoms with van der Waals surface area (Å²) in [4.78, 5) is 21.7. The number of hydrogen-bond acceptors (Lipinski definition) is 3. The molecule has 1 rings (SSSR count). The topological polar surface area (TPSA) is 84.2 Å². The van der Waals surface area contributed by atoms with E-state index in [0.29, 0.717) is 19.0 Å². The second-order valence-corrected chi connectivity index (χ2v) is 3.56. The highest BCUT2D eigenvalue weighted by atomic mass is 16.2. The maximum Gasteiger partial charge on any atom is 0.221 e. The highest BCUT2D eigenvalue weighted by Gasteiger charge is 2.17. The van der Waals surface area contributed by atoms with Gasteiger partial charge in [-0.2, -0.15) is 0 Å². The summed E-state index contributed by atoms with van der Waals surface area (Å²) >= 11 is 0. The molecule has 1 atom stereocenters. The zero-order valence-corrected chi connectivity index (χ0v) is 8.21. The van der Waals surface area contributed by atoms with Crippen molar-refractivity contribution in [1.29, 1.82) is 0 Å². The molecule has 1 aliphatic rings. The Hall–Kier alpha value is -1.10. The van der Waals surface area contributed by atoms with Crippen LogP contribution in [0.2, 0.25) is 0 Å². The lowest BCUT2D eigenvalue weighted by molar-refractivity contribution is -0.121. The van der Waals surface area contributed by atoms with E-state index in [2.05, 4.69) is 10.6 Å². The summed E-state index contributed by atoms with van der Waals surface area (Å²) < 4.78 is 0. The first-order chi connectivity index (χ1) is 6.68. The van der Waals surface area contributed by atoms with E-state index in [0.717, 1.165) is 19.4 Å². The first-order valence-electron chi connectivity index (χ1n) is 4.97. The number of carbonyl (C=O) groups excluding carboxylic acids is 2. The summed E-state index contributed by atoms with van der Waals surface area (Å²) in [6.45, 7) is 1.35. The SMILES string of the molecule is NC(=O)CCNC(=O)CC1CCCN1. The molecular formula is C9H17N3O2. The standard InChI is InChI=1S/C9H17N3O2/c10-8(13)3-5-12-9(14)6-7-2-1-4-11-7/h7,11H,1-6H2,(H2,10,13)(H,12,14). The van der Waals surface area contributed by atoms with Crippen molar-refractivity contribution >= 4 is 11.8 Å². The second kappa shape index (κ2) is 5.59. The van der Waals surface area contributed by atoms with Crippen LogP contribution in [0.25, 0.3) is 0 Å². The fourth-order valence-electron chi connectivity index (χ4n) is 1.55. The zero-order chi connectivity index (χ0) is 10.4. The van der Waals surface area contributed by atoms with Crippen molar-refractivity contribution in [3.05, 3.63) is 0 Å². The Morgan fingerprint density at radius 1 is 1.50 bits per heavy atom. The van der Waals surface area contributed by atoms with Crippen molar-refractivity contribution in [2.45, 2.75) is 31.7 Å². The van der Waals surface area contributed by atoms with E-state index in [9.17, 15) is 9.59 Å². The van der Waals surface area contributed by atoms with E-state index in [1.54, 1.807) is 0 Å². The second-order valence-electron chi connectivity index (χ2n) is 3.56. The highest BCUT2D eigenvalue weighted by molar-refractivity contribution is 5.78. The largest absolute Gasteiger partial charge is 0.370 e. The van der Waals surface area contributed by atoms with Gasteiger partial charge in [-0.1, -0.05) is 0 Å². The molecule has 0 aliphatic carbocycles. The van der Waals surface area contributed by atoms with Crippen LogP contribution in [0.15, 0.2) is 0 Å². The molecule has 80 valence electrons. The van der Waals surface area contributed by atoms with Gasteiger partial charge >= 0.3 is 0 Å². The molecule has 4 N–H and O–H groups in total. The predicted molar refractivity (Wildman–Crippen MR) is 52.5 cm³/mol. The molecule has 2 amide bonds. The van der Waals surface area contributed by atoms with Gasteiger partial charge in [-0.15, -0.1) is 0 Å². The summed E-state index contributed by atoms with van der Waals surface area (Å²) in [5.41, 5.74) is 4.94. The molecule has 1 aliphatic heterocycles. The van der Waals surface area contributed by atoms with Crippen LogP contribution in [0.5, 0.6) is 0 Å². The van der Waals surface area contributed by atoms with E-state index >= 15 is 0 Å². The van der Waals surface area contributed by atoms with Crippen LogP contribution in [-0.4, -0.2) is 30.9 Å². The Morgan fingerprint density at radius 2 is 2.29 bits per heavy atom. The highest BCUT2D eigenvalue weighted by Crippen LogP contribution is 2.07. The van der Waals surface area contributed by atoms with Crippen LogP contribution < -0.4 is 16.4 Å². The Bertz CT molecular complexity index is 212. The number of hydrogen-bond donors (Lipinski definition) is 3. The van der Waals surface area contributed by atoms with E-state index in [1.165, 1.54) is 0 Å². The molecule has 5 nitrogen and oxygen atoms in total. The average Bonchev–Trinajstić information content (AvgIpc) is 2.56. The monoisotopic (exact) mass is 199 g/mol. The lowest BCUT2D eigenvalue weighted by atomic mass is 10.1. The Kier molecular flexibility index (Phi) is 4.39. The molecule has 1 heterocycles. The van der Waals surface area contributed by atoms with Crippen molar-refractivity contribution in [2.24, 2.45) is 5.73 Å². The zero-order valence-electron chi connectivity index (χ0n) is 8.21. The predicted octanol–water partition coefficient (Wildman–Crippen LogP) is -0.880. The normalized spacial score (nSPS) is 20.7. The smallest absolute Gasteiger partial charge is 0.221 e. The molecule has 0 aromatic carbocycles. The maximum atomic E-state index is 11.3. The third-order valence-electron chi connectivity index (χ3n) is 2.29. The van der Waals surface area contributed by atoms with Crippen LogP contribution in [0.1, 0.15) is 25.7 Å². The summed E-state index contributed by atoms with van der Waals surface area (Å²) in [5, 5.41) is 5.90. The molecule has 0 saturated carbocycles. The quantitative estimate of drug-likeness (QED) is 0.537. The van der Waals surface area contributed by atoms with Crippen molar-refractivity contribution in [3.8, 4) is 0 Å². The van der Waals surface area contributed by atoms with Gasteiger partial charge in [0.1, 0.15) is 0 Å². The van der Waals surface area contributed by atoms with E-state index in [4.69, 9.17) is 5.73 Å². The number of nitrogens with two attached hydrogens (primary N) is 1.